The molecule has 3 N–H and O–H groups in total. The molecule has 0 atom stereocenters. The molecule has 1 heterocycles. The Labute approximate surface area is 79.5 Å². The highest BCUT2D eigenvalue weighted by Gasteiger charge is 2.15. The van der Waals surface area contributed by atoms with Gasteiger partial charge in [0.1, 0.15) is 0 Å². The molecular formula is C9H19N3O. The van der Waals surface area contributed by atoms with Gasteiger partial charge in [0.05, 0.1) is 0 Å². The van der Waals surface area contributed by atoms with Gasteiger partial charge in [-0.3, -0.25) is 0 Å². The zero-order valence-corrected chi connectivity index (χ0v) is 8.09. The van der Waals surface area contributed by atoms with Gasteiger partial charge in [0.2, 0.25) is 0 Å². The molecule has 0 unspecified atom stereocenters. The number of unbranched alkanes of at least 4 members (excludes halogenated alkanes) is 2. The highest BCUT2D eigenvalue weighted by Crippen LogP contribution is 2.02. The fourth-order valence-corrected chi connectivity index (χ4v) is 1.52. The normalized spacial score (nSPS) is 17.3. The minimum absolute atomic E-state index is 0.0963. The summed E-state index contributed by atoms with van der Waals surface area (Å²) in [5, 5.41) is 2.84. The van der Waals surface area contributed by atoms with Gasteiger partial charge in [-0.05, 0) is 25.8 Å². The molecule has 0 radical (unpaired) electrons. The van der Waals surface area contributed by atoms with Gasteiger partial charge in [-0.25, -0.2) is 4.79 Å². The summed E-state index contributed by atoms with van der Waals surface area (Å²) in [7, 11) is 0. The van der Waals surface area contributed by atoms with Crippen molar-refractivity contribution in [1.82, 2.24) is 10.2 Å². The molecular weight excluding hydrogens is 166 g/mol. The summed E-state index contributed by atoms with van der Waals surface area (Å²) in [6, 6.07) is 0.0963. The van der Waals surface area contributed by atoms with Crippen LogP contribution in [-0.4, -0.2) is 37.1 Å². The van der Waals surface area contributed by atoms with E-state index in [0.717, 1.165) is 51.9 Å². The van der Waals surface area contributed by atoms with Gasteiger partial charge < -0.3 is 16.0 Å². The fourth-order valence-electron chi connectivity index (χ4n) is 1.52. The van der Waals surface area contributed by atoms with E-state index in [1.54, 1.807) is 0 Å². The van der Waals surface area contributed by atoms with Crippen molar-refractivity contribution in [3.63, 3.8) is 0 Å². The van der Waals surface area contributed by atoms with Crippen LogP contribution in [0.15, 0.2) is 0 Å². The van der Waals surface area contributed by atoms with Gasteiger partial charge in [0, 0.05) is 19.6 Å². The van der Waals surface area contributed by atoms with Crippen molar-refractivity contribution in [3.05, 3.63) is 0 Å². The second-order valence-corrected chi connectivity index (χ2v) is 3.42. The van der Waals surface area contributed by atoms with Crippen molar-refractivity contribution < 1.29 is 4.79 Å². The fraction of sp³-hybridized carbons (Fsp3) is 0.889. The van der Waals surface area contributed by atoms with Crippen LogP contribution in [0.2, 0.25) is 0 Å². The van der Waals surface area contributed by atoms with Crippen LogP contribution >= 0.6 is 0 Å². The van der Waals surface area contributed by atoms with Crippen LogP contribution in [0.1, 0.15) is 25.7 Å². The molecule has 0 aromatic carbocycles. The highest BCUT2D eigenvalue weighted by molar-refractivity contribution is 5.74. The van der Waals surface area contributed by atoms with Crippen LogP contribution in [0.5, 0.6) is 0 Å². The van der Waals surface area contributed by atoms with Crippen LogP contribution in [0.3, 0.4) is 0 Å². The minimum atomic E-state index is 0.0963. The molecule has 0 aromatic rings. The molecule has 0 aliphatic carbocycles. The maximum absolute atomic E-state index is 11.2. The molecule has 1 rings (SSSR count). The Morgan fingerprint density at radius 3 is 2.92 bits per heavy atom. The van der Waals surface area contributed by atoms with Crippen molar-refractivity contribution in [2.45, 2.75) is 25.7 Å². The third kappa shape index (κ3) is 3.63. The van der Waals surface area contributed by atoms with E-state index in [-0.39, 0.29) is 6.03 Å². The largest absolute Gasteiger partial charge is 0.338 e. The number of amides is 2. The van der Waals surface area contributed by atoms with Crippen LogP contribution in [0, 0.1) is 0 Å². The number of hydrogen-bond donors (Lipinski definition) is 2. The Balaban J connectivity index is 2.08. The summed E-state index contributed by atoms with van der Waals surface area (Å²) >= 11 is 0. The first kappa shape index (κ1) is 10.3. The van der Waals surface area contributed by atoms with Crippen LogP contribution in [-0.2, 0) is 0 Å². The maximum Gasteiger partial charge on any atom is 0.317 e. The Kier molecular flexibility index (Phi) is 4.60. The average Bonchev–Trinajstić information content (AvgIpc) is 2.15. The molecule has 76 valence electrons. The Hall–Kier alpha value is -0.770. The molecule has 1 saturated heterocycles. The smallest absolute Gasteiger partial charge is 0.317 e. The number of nitrogens with zero attached hydrogens (tertiary/aromatic N) is 1. The lowest BCUT2D eigenvalue weighted by Crippen LogP contribution is -2.46. The van der Waals surface area contributed by atoms with Crippen LogP contribution in [0.4, 0.5) is 4.79 Å². The first-order chi connectivity index (χ1) is 6.34. The van der Waals surface area contributed by atoms with E-state index in [4.69, 9.17) is 5.73 Å². The van der Waals surface area contributed by atoms with Gasteiger partial charge in [-0.2, -0.15) is 0 Å². The van der Waals surface area contributed by atoms with Gasteiger partial charge in [0.25, 0.3) is 0 Å². The van der Waals surface area contributed by atoms with Crippen molar-refractivity contribution in [1.29, 1.82) is 0 Å². The quantitative estimate of drug-likeness (QED) is 0.614. The predicted molar refractivity (Wildman–Crippen MR) is 52.5 cm³/mol. The molecule has 1 fully saturated rings. The summed E-state index contributed by atoms with van der Waals surface area (Å²) in [4.78, 5) is 13.1. The van der Waals surface area contributed by atoms with Crippen molar-refractivity contribution in [3.8, 4) is 0 Å². The van der Waals surface area contributed by atoms with E-state index in [2.05, 4.69) is 5.32 Å². The monoisotopic (exact) mass is 185 g/mol. The second kappa shape index (κ2) is 5.80. The molecule has 2 amide bonds. The van der Waals surface area contributed by atoms with Gasteiger partial charge >= 0.3 is 6.03 Å². The lowest BCUT2D eigenvalue weighted by Gasteiger charge is -2.27. The number of carbonyl (C=O) groups is 1. The van der Waals surface area contributed by atoms with Crippen molar-refractivity contribution >= 4 is 6.03 Å². The summed E-state index contributed by atoms with van der Waals surface area (Å²) in [5.74, 6) is 0. The van der Waals surface area contributed by atoms with E-state index in [0.29, 0.717) is 0 Å². The molecule has 1 aliphatic heterocycles. The van der Waals surface area contributed by atoms with E-state index in [1.165, 1.54) is 0 Å². The van der Waals surface area contributed by atoms with Crippen molar-refractivity contribution in [2.24, 2.45) is 5.73 Å². The number of rotatable bonds is 5. The van der Waals surface area contributed by atoms with E-state index < -0.39 is 0 Å². The maximum atomic E-state index is 11.2. The van der Waals surface area contributed by atoms with Crippen LogP contribution < -0.4 is 11.1 Å². The van der Waals surface area contributed by atoms with E-state index in [1.807, 2.05) is 4.90 Å². The first-order valence-electron chi connectivity index (χ1n) is 5.07. The number of carbonyl (C=O) groups excluding carboxylic acids is 1. The molecule has 0 saturated carbocycles. The standard InChI is InChI=1S/C9H19N3O/c10-5-2-1-3-7-12-8-4-6-11-9(12)13/h1-8,10H2,(H,11,13). The summed E-state index contributed by atoms with van der Waals surface area (Å²) in [5.41, 5.74) is 5.38. The SMILES string of the molecule is NCCCCCN1CCCNC1=O. The zero-order chi connectivity index (χ0) is 9.52. The number of nitrogens with one attached hydrogen (secondary N) is 1. The number of nitrogens with two attached hydrogens (primary N) is 1. The third-order valence-corrected chi connectivity index (χ3v) is 2.30. The van der Waals surface area contributed by atoms with Gasteiger partial charge in [-0.1, -0.05) is 6.42 Å². The summed E-state index contributed by atoms with van der Waals surface area (Å²) < 4.78 is 0. The lowest BCUT2D eigenvalue weighted by molar-refractivity contribution is 0.185. The number of hydrogen-bond acceptors (Lipinski definition) is 2. The molecule has 13 heavy (non-hydrogen) atoms. The first-order valence-corrected chi connectivity index (χ1v) is 5.07. The number of urea groups is 1. The summed E-state index contributed by atoms with van der Waals surface area (Å²) in [6.45, 7) is 3.38. The van der Waals surface area contributed by atoms with Gasteiger partial charge in [0.15, 0.2) is 0 Å². The van der Waals surface area contributed by atoms with E-state index >= 15 is 0 Å². The van der Waals surface area contributed by atoms with Crippen LogP contribution in [0.25, 0.3) is 0 Å². The van der Waals surface area contributed by atoms with E-state index in [9.17, 15) is 4.79 Å². The Bertz CT molecular complexity index is 161. The predicted octanol–water partition coefficient (Wildman–Crippen LogP) is 0.531. The van der Waals surface area contributed by atoms with Crippen molar-refractivity contribution in [2.75, 3.05) is 26.2 Å². The Morgan fingerprint density at radius 2 is 2.23 bits per heavy atom. The lowest BCUT2D eigenvalue weighted by atomic mass is 10.2. The zero-order valence-electron chi connectivity index (χ0n) is 8.09. The second-order valence-electron chi connectivity index (χ2n) is 3.42. The molecule has 0 spiro atoms. The molecule has 0 aromatic heterocycles. The third-order valence-electron chi connectivity index (χ3n) is 2.30. The molecule has 4 heteroatoms. The molecule has 0 bridgehead atoms. The average molecular weight is 185 g/mol. The Morgan fingerprint density at radius 1 is 1.38 bits per heavy atom. The summed E-state index contributed by atoms with van der Waals surface area (Å²) in [6.07, 6.45) is 4.34. The molecule has 4 nitrogen and oxygen atoms in total. The van der Waals surface area contributed by atoms with Gasteiger partial charge in [-0.15, -0.1) is 0 Å². The molecule has 1 aliphatic rings. The minimum Gasteiger partial charge on any atom is -0.338 e. The topological polar surface area (TPSA) is 58.4 Å². The highest BCUT2D eigenvalue weighted by atomic mass is 16.2.